The molecule has 0 saturated heterocycles. The first-order chi connectivity index (χ1) is 7.74. The fourth-order valence-electron chi connectivity index (χ4n) is 1.72. The van der Waals surface area contributed by atoms with Crippen molar-refractivity contribution in [2.45, 2.75) is 5.92 Å². The lowest BCUT2D eigenvalue weighted by molar-refractivity contribution is 0.967. The quantitative estimate of drug-likeness (QED) is 0.633. The summed E-state index contributed by atoms with van der Waals surface area (Å²) in [5.41, 5.74) is -0.419. The number of aromatic amines is 3. The molecule has 2 aromatic rings. The van der Waals surface area contributed by atoms with Gasteiger partial charge in [-0.05, 0) is 0 Å². The Morgan fingerprint density at radius 2 is 1.81 bits per heavy atom. The van der Waals surface area contributed by atoms with Gasteiger partial charge in [-0.3, -0.25) is 14.8 Å². The molecule has 0 aliphatic heterocycles. The van der Waals surface area contributed by atoms with Crippen molar-refractivity contribution in [2.75, 3.05) is 0 Å². The second-order valence-electron chi connectivity index (χ2n) is 3.55. The van der Waals surface area contributed by atoms with Crippen LogP contribution >= 0.6 is 0 Å². The lowest BCUT2D eigenvalue weighted by Gasteiger charge is -1.97. The van der Waals surface area contributed by atoms with Crippen molar-refractivity contribution in [1.82, 2.24) is 19.9 Å². The number of hydrogen-bond donors (Lipinski definition) is 3. The molecule has 6 nitrogen and oxygen atoms in total. The van der Waals surface area contributed by atoms with E-state index in [-0.39, 0.29) is 11.6 Å². The second kappa shape index (κ2) is 3.06. The van der Waals surface area contributed by atoms with Crippen LogP contribution in [-0.4, -0.2) is 19.9 Å². The molecule has 3 rings (SSSR count). The smallest absolute Gasteiger partial charge is 0.327 e. The van der Waals surface area contributed by atoms with E-state index in [9.17, 15) is 9.59 Å². The minimum Gasteiger partial charge on any atom is -0.335 e. The standard InChI is InChI=1S/C10H8N4O2/c15-9-6-8(13-10(16)14-9)12-7(11-6)5-3-1-2-4-5/h1-5H,(H3,11,12,13,14,15,16). The molecule has 0 aromatic carbocycles. The predicted octanol–water partition coefficient (Wildman–Crippen LogP) is 0.149. The van der Waals surface area contributed by atoms with Crippen molar-refractivity contribution < 1.29 is 0 Å². The van der Waals surface area contributed by atoms with Gasteiger partial charge in [0.1, 0.15) is 11.3 Å². The molecular weight excluding hydrogens is 208 g/mol. The molecule has 2 aromatic heterocycles. The molecule has 0 atom stereocenters. The van der Waals surface area contributed by atoms with Gasteiger partial charge in [-0.15, -0.1) is 0 Å². The first kappa shape index (κ1) is 8.90. The van der Waals surface area contributed by atoms with Gasteiger partial charge in [0.15, 0.2) is 5.65 Å². The van der Waals surface area contributed by atoms with Gasteiger partial charge in [0.05, 0.1) is 5.92 Å². The molecule has 80 valence electrons. The molecular formula is C10H8N4O2. The van der Waals surface area contributed by atoms with E-state index in [4.69, 9.17) is 0 Å². The Morgan fingerprint density at radius 3 is 2.56 bits per heavy atom. The highest BCUT2D eigenvalue weighted by Gasteiger charge is 2.14. The molecule has 0 fully saturated rings. The summed E-state index contributed by atoms with van der Waals surface area (Å²) in [5, 5.41) is 0. The highest BCUT2D eigenvalue weighted by Crippen LogP contribution is 2.20. The Hall–Kier alpha value is -2.37. The van der Waals surface area contributed by atoms with Crippen LogP contribution < -0.4 is 11.2 Å². The van der Waals surface area contributed by atoms with Crippen LogP contribution in [0.5, 0.6) is 0 Å². The van der Waals surface area contributed by atoms with Gasteiger partial charge in [-0.2, -0.15) is 0 Å². The van der Waals surface area contributed by atoms with Crippen LogP contribution in [0.25, 0.3) is 11.2 Å². The van der Waals surface area contributed by atoms with Crippen molar-refractivity contribution in [1.29, 1.82) is 0 Å². The SMILES string of the molecule is O=c1[nH]c(=O)c2[nH]c(C3C=CC=C3)nc2[nH]1. The molecule has 0 radical (unpaired) electrons. The molecule has 0 unspecified atom stereocenters. The molecule has 2 heterocycles. The third-order valence-corrected chi connectivity index (χ3v) is 2.47. The van der Waals surface area contributed by atoms with Gasteiger partial charge < -0.3 is 4.98 Å². The summed E-state index contributed by atoms with van der Waals surface area (Å²) in [6.45, 7) is 0. The zero-order valence-electron chi connectivity index (χ0n) is 8.15. The van der Waals surface area contributed by atoms with Crippen LogP contribution in [0.3, 0.4) is 0 Å². The Labute approximate surface area is 88.7 Å². The van der Waals surface area contributed by atoms with E-state index >= 15 is 0 Å². The maximum atomic E-state index is 11.4. The van der Waals surface area contributed by atoms with Crippen LogP contribution in [0.15, 0.2) is 33.9 Å². The minimum absolute atomic E-state index is 0.0373. The Bertz CT molecular complexity index is 704. The summed E-state index contributed by atoms with van der Waals surface area (Å²) in [4.78, 5) is 34.2. The minimum atomic E-state index is -0.548. The van der Waals surface area contributed by atoms with Crippen LogP contribution in [0, 0.1) is 0 Å². The van der Waals surface area contributed by atoms with Crippen molar-refractivity contribution in [3.63, 3.8) is 0 Å². The van der Waals surface area contributed by atoms with E-state index in [1.807, 2.05) is 24.3 Å². The predicted molar refractivity (Wildman–Crippen MR) is 58.4 cm³/mol. The zero-order chi connectivity index (χ0) is 11.1. The van der Waals surface area contributed by atoms with E-state index in [0.29, 0.717) is 11.3 Å². The highest BCUT2D eigenvalue weighted by molar-refractivity contribution is 5.69. The summed E-state index contributed by atoms with van der Waals surface area (Å²) in [5.74, 6) is 0.683. The van der Waals surface area contributed by atoms with Crippen LogP contribution in [0.1, 0.15) is 11.7 Å². The molecule has 3 N–H and O–H groups in total. The van der Waals surface area contributed by atoms with Crippen molar-refractivity contribution >= 4 is 11.2 Å². The lowest BCUT2D eigenvalue weighted by atomic mass is 10.2. The van der Waals surface area contributed by atoms with Gasteiger partial charge >= 0.3 is 5.69 Å². The van der Waals surface area contributed by atoms with Crippen molar-refractivity contribution in [2.24, 2.45) is 0 Å². The molecule has 1 aliphatic carbocycles. The Balaban J connectivity index is 2.27. The van der Waals surface area contributed by atoms with E-state index < -0.39 is 11.2 Å². The molecule has 0 spiro atoms. The number of fused-ring (bicyclic) bond motifs is 1. The fraction of sp³-hybridized carbons (Fsp3) is 0.100. The number of hydrogen-bond acceptors (Lipinski definition) is 3. The van der Waals surface area contributed by atoms with Gasteiger partial charge in [0.25, 0.3) is 5.56 Å². The van der Waals surface area contributed by atoms with Gasteiger partial charge in [-0.1, -0.05) is 24.3 Å². The molecule has 16 heavy (non-hydrogen) atoms. The number of imidazole rings is 1. The van der Waals surface area contributed by atoms with Crippen molar-refractivity contribution in [3.05, 3.63) is 51.0 Å². The van der Waals surface area contributed by atoms with Crippen molar-refractivity contribution in [3.8, 4) is 0 Å². The van der Waals surface area contributed by atoms with Crippen LogP contribution in [-0.2, 0) is 0 Å². The average Bonchev–Trinajstić information content (AvgIpc) is 2.82. The van der Waals surface area contributed by atoms with Gasteiger partial charge in [0, 0.05) is 0 Å². The topological polar surface area (TPSA) is 94.4 Å². The van der Waals surface area contributed by atoms with Crippen LogP contribution in [0.4, 0.5) is 0 Å². The normalized spacial score (nSPS) is 15.2. The Morgan fingerprint density at radius 1 is 1.06 bits per heavy atom. The lowest BCUT2D eigenvalue weighted by Crippen LogP contribution is -2.21. The number of allylic oxidation sites excluding steroid dienone is 4. The Kier molecular flexibility index (Phi) is 1.70. The summed E-state index contributed by atoms with van der Waals surface area (Å²) in [7, 11) is 0. The second-order valence-corrected chi connectivity index (χ2v) is 3.55. The van der Waals surface area contributed by atoms with E-state index in [1.165, 1.54) is 0 Å². The van der Waals surface area contributed by atoms with Gasteiger partial charge in [0.2, 0.25) is 0 Å². The molecule has 0 saturated carbocycles. The highest BCUT2D eigenvalue weighted by atomic mass is 16.2. The monoisotopic (exact) mass is 216 g/mol. The summed E-state index contributed by atoms with van der Waals surface area (Å²) in [6, 6.07) is 0. The van der Waals surface area contributed by atoms with E-state index in [0.717, 1.165) is 0 Å². The third kappa shape index (κ3) is 1.23. The number of rotatable bonds is 1. The first-order valence-electron chi connectivity index (χ1n) is 4.81. The summed E-state index contributed by atoms with van der Waals surface area (Å²) < 4.78 is 0. The van der Waals surface area contributed by atoms with Crippen LogP contribution in [0.2, 0.25) is 0 Å². The number of aromatic nitrogens is 4. The maximum Gasteiger partial charge on any atom is 0.327 e. The first-order valence-corrected chi connectivity index (χ1v) is 4.81. The fourth-order valence-corrected chi connectivity index (χ4v) is 1.72. The summed E-state index contributed by atoms with van der Waals surface area (Å²) in [6.07, 6.45) is 7.71. The largest absolute Gasteiger partial charge is 0.335 e. The summed E-state index contributed by atoms with van der Waals surface area (Å²) >= 11 is 0. The molecule has 1 aliphatic rings. The number of nitrogens with zero attached hydrogens (tertiary/aromatic N) is 1. The molecule has 0 amide bonds. The average molecular weight is 216 g/mol. The van der Waals surface area contributed by atoms with E-state index in [2.05, 4.69) is 19.9 Å². The number of H-pyrrole nitrogens is 3. The molecule has 6 heteroatoms. The third-order valence-electron chi connectivity index (χ3n) is 2.47. The zero-order valence-corrected chi connectivity index (χ0v) is 8.15. The maximum absolute atomic E-state index is 11.4. The number of nitrogens with one attached hydrogen (secondary N) is 3. The van der Waals surface area contributed by atoms with E-state index in [1.54, 1.807) is 0 Å². The molecule has 0 bridgehead atoms. The van der Waals surface area contributed by atoms with Gasteiger partial charge in [-0.25, -0.2) is 9.78 Å².